The van der Waals surface area contributed by atoms with Gasteiger partial charge in [-0.3, -0.25) is 4.79 Å². The fraction of sp³-hybridized carbons (Fsp3) is 0.562. The van der Waals surface area contributed by atoms with Gasteiger partial charge in [-0.15, -0.1) is 0 Å². The first kappa shape index (κ1) is 16.7. The molecule has 0 aliphatic heterocycles. The van der Waals surface area contributed by atoms with Gasteiger partial charge < -0.3 is 15.8 Å². The average molecular weight is 278 g/mol. The van der Waals surface area contributed by atoms with Crippen molar-refractivity contribution in [3.8, 4) is 0 Å². The molecule has 1 unspecified atom stereocenters. The third kappa shape index (κ3) is 6.17. The highest BCUT2D eigenvalue weighted by atomic mass is 16.5. The Labute approximate surface area is 121 Å². The lowest BCUT2D eigenvalue weighted by molar-refractivity contribution is -0.118. The minimum atomic E-state index is -0.219. The van der Waals surface area contributed by atoms with Gasteiger partial charge in [0.2, 0.25) is 5.91 Å². The highest BCUT2D eigenvalue weighted by molar-refractivity contribution is 5.91. The maximum atomic E-state index is 11.8. The molecular weight excluding hydrogens is 252 g/mol. The van der Waals surface area contributed by atoms with Gasteiger partial charge >= 0.3 is 0 Å². The number of carbonyl (C=O) groups is 1. The summed E-state index contributed by atoms with van der Waals surface area (Å²) in [6.07, 6.45) is 4.87. The van der Waals surface area contributed by atoms with E-state index in [4.69, 9.17) is 10.5 Å². The summed E-state index contributed by atoms with van der Waals surface area (Å²) in [7, 11) is 1.57. The molecule has 0 heterocycles. The van der Waals surface area contributed by atoms with Crippen molar-refractivity contribution in [3.63, 3.8) is 0 Å². The Morgan fingerprint density at radius 3 is 2.55 bits per heavy atom. The lowest BCUT2D eigenvalue weighted by atomic mass is 10.1. The molecule has 0 saturated carbocycles. The zero-order valence-electron chi connectivity index (χ0n) is 12.5. The topological polar surface area (TPSA) is 64.4 Å². The van der Waals surface area contributed by atoms with E-state index in [0.29, 0.717) is 6.54 Å². The number of hydrogen-bond donors (Lipinski definition) is 2. The molecule has 4 heteroatoms. The van der Waals surface area contributed by atoms with Crippen molar-refractivity contribution in [2.45, 2.75) is 45.1 Å². The van der Waals surface area contributed by atoms with Crippen molar-refractivity contribution < 1.29 is 9.53 Å². The monoisotopic (exact) mass is 278 g/mol. The first-order chi connectivity index (χ1) is 9.69. The number of nitrogens with one attached hydrogen (secondary N) is 1. The van der Waals surface area contributed by atoms with Crippen LogP contribution in [-0.4, -0.2) is 25.7 Å². The summed E-state index contributed by atoms with van der Waals surface area (Å²) in [5.74, 6) is -0.0685. The molecule has 0 radical (unpaired) electrons. The quantitative estimate of drug-likeness (QED) is 0.683. The highest BCUT2D eigenvalue weighted by Crippen LogP contribution is 2.13. The van der Waals surface area contributed by atoms with Crippen molar-refractivity contribution in [1.29, 1.82) is 0 Å². The van der Waals surface area contributed by atoms with Crippen LogP contribution in [0.4, 0.5) is 5.69 Å². The van der Waals surface area contributed by atoms with E-state index >= 15 is 0 Å². The second-order valence-corrected chi connectivity index (χ2v) is 5.00. The van der Waals surface area contributed by atoms with E-state index in [9.17, 15) is 4.79 Å². The zero-order chi connectivity index (χ0) is 14.8. The predicted molar refractivity (Wildman–Crippen MR) is 82.8 cm³/mol. The van der Waals surface area contributed by atoms with E-state index in [1.54, 1.807) is 7.11 Å². The molecule has 0 fully saturated rings. The fourth-order valence-electron chi connectivity index (χ4n) is 2.02. The van der Waals surface area contributed by atoms with Crippen LogP contribution in [0, 0.1) is 0 Å². The molecular formula is C16H26N2O2. The van der Waals surface area contributed by atoms with Gasteiger partial charge in [0.05, 0.1) is 12.5 Å². The highest BCUT2D eigenvalue weighted by Gasteiger charge is 2.11. The lowest BCUT2D eigenvalue weighted by Gasteiger charge is -2.12. The number of carbonyl (C=O) groups excluding carboxylic acids is 1. The van der Waals surface area contributed by atoms with Crippen LogP contribution in [0.2, 0.25) is 0 Å². The number of anilines is 1. The van der Waals surface area contributed by atoms with Gasteiger partial charge in [0.25, 0.3) is 0 Å². The van der Waals surface area contributed by atoms with Crippen LogP contribution in [-0.2, 0) is 16.0 Å². The standard InChI is InChI=1S/C16H26N2O2/c1-3-4-5-6-13-7-9-14(10-8-13)18-16(19)11-15(12-17)20-2/h7-10,15H,3-6,11-12,17H2,1-2H3,(H,18,19). The molecule has 1 atom stereocenters. The summed E-state index contributed by atoms with van der Waals surface area (Å²) in [5, 5.41) is 2.86. The van der Waals surface area contributed by atoms with E-state index in [1.807, 2.05) is 12.1 Å². The third-order valence-corrected chi connectivity index (χ3v) is 3.32. The summed E-state index contributed by atoms with van der Waals surface area (Å²) >= 11 is 0. The molecule has 0 bridgehead atoms. The number of ether oxygens (including phenoxy) is 1. The van der Waals surface area contributed by atoms with E-state index in [-0.39, 0.29) is 18.4 Å². The van der Waals surface area contributed by atoms with Gasteiger partial charge in [-0.2, -0.15) is 0 Å². The van der Waals surface area contributed by atoms with Crippen molar-refractivity contribution in [2.75, 3.05) is 19.0 Å². The van der Waals surface area contributed by atoms with E-state index in [2.05, 4.69) is 24.4 Å². The van der Waals surface area contributed by atoms with Gasteiger partial charge in [0, 0.05) is 19.3 Å². The molecule has 1 aromatic rings. The number of hydrogen-bond acceptors (Lipinski definition) is 3. The SMILES string of the molecule is CCCCCc1ccc(NC(=O)CC(CN)OC)cc1. The molecule has 0 aromatic heterocycles. The smallest absolute Gasteiger partial charge is 0.227 e. The lowest BCUT2D eigenvalue weighted by Crippen LogP contribution is -2.28. The van der Waals surface area contributed by atoms with Crippen LogP contribution in [0.3, 0.4) is 0 Å². The van der Waals surface area contributed by atoms with Crippen LogP contribution in [0.1, 0.15) is 38.2 Å². The Hall–Kier alpha value is -1.39. The maximum absolute atomic E-state index is 11.8. The first-order valence-corrected chi connectivity index (χ1v) is 7.31. The number of unbranched alkanes of at least 4 members (excludes halogenated alkanes) is 2. The summed E-state index contributed by atoms with van der Waals surface area (Å²) in [4.78, 5) is 11.8. The minimum Gasteiger partial charge on any atom is -0.380 e. The second-order valence-electron chi connectivity index (χ2n) is 5.00. The molecule has 4 nitrogen and oxygen atoms in total. The van der Waals surface area contributed by atoms with Crippen molar-refractivity contribution >= 4 is 11.6 Å². The van der Waals surface area contributed by atoms with Crippen LogP contribution in [0.5, 0.6) is 0 Å². The molecule has 0 spiro atoms. The average Bonchev–Trinajstić information content (AvgIpc) is 2.47. The van der Waals surface area contributed by atoms with Gasteiger partial charge in [-0.05, 0) is 30.5 Å². The van der Waals surface area contributed by atoms with Crippen LogP contribution >= 0.6 is 0 Å². The molecule has 112 valence electrons. The largest absolute Gasteiger partial charge is 0.380 e. The Morgan fingerprint density at radius 2 is 2.00 bits per heavy atom. The van der Waals surface area contributed by atoms with Crippen molar-refractivity contribution in [2.24, 2.45) is 5.73 Å². The first-order valence-electron chi connectivity index (χ1n) is 7.31. The number of rotatable bonds is 9. The van der Waals surface area contributed by atoms with Crippen molar-refractivity contribution in [1.82, 2.24) is 0 Å². The van der Waals surface area contributed by atoms with E-state index in [1.165, 1.54) is 24.8 Å². The minimum absolute atomic E-state index is 0.0685. The normalized spacial score (nSPS) is 12.2. The Morgan fingerprint density at radius 1 is 1.30 bits per heavy atom. The molecule has 0 saturated heterocycles. The second kappa shape index (κ2) is 9.50. The fourth-order valence-corrected chi connectivity index (χ4v) is 2.02. The number of benzene rings is 1. The Bertz CT molecular complexity index is 386. The number of methoxy groups -OCH3 is 1. The molecule has 1 rings (SSSR count). The maximum Gasteiger partial charge on any atom is 0.227 e. The van der Waals surface area contributed by atoms with Crippen LogP contribution in [0.25, 0.3) is 0 Å². The Balaban J connectivity index is 2.42. The molecule has 0 aliphatic carbocycles. The summed E-state index contributed by atoms with van der Waals surface area (Å²) in [6, 6.07) is 8.04. The number of nitrogens with two attached hydrogens (primary N) is 1. The summed E-state index contributed by atoms with van der Waals surface area (Å²) in [6.45, 7) is 2.55. The van der Waals surface area contributed by atoms with Gasteiger partial charge in [-0.25, -0.2) is 0 Å². The molecule has 1 aromatic carbocycles. The summed E-state index contributed by atoms with van der Waals surface area (Å²) in [5.41, 5.74) is 7.63. The zero-order valence-corrected chi connectivity index (χ0v) is 12.5. The van der Waals surface area contributed by atoms with Crippen LogP contribution < -0.4 is 11.1 Å². The van der Waals surface area contributed by atoms with Crippen molar-refractivity contribution in [3.05, 3.63) is 29.8 Å². The third-order valence-electron chi connectivity index (χ3n) is 3.32. The number of amides is 1. The predicted octanol–water partition coefficient (Wildman–Crippen LogP) is 2.72. The Kier molecular flexibility index (Phi) is 7.92. The van der Waals surface area contributed by atoms with E-state index in [0.717, 1.165) is 12.1 Å². The number of aryl methyl sites for hydroxylation is 1. The van der Waals surface area contributed by atoms with Crippen LogP contribution in [0.15, 0.2) is 24.3 Å². The molecule has 0 aliphatic rings. The van der Waals surface area contributed by atoms with E-state index < -0.39 is 0 Å². The van der Waals surface area contributed by atoms with Gasteiger partial charge in [0.15, 0.2) is 0 Å². The van der Waals surface area contributed by atoms with Gasteiger partial charge in [0.1, 0.15) is 0 Å². The molecule has 20 heavy (non-hydrogen) atoms. The van der Waals surface area contributed by atoms with Gasteiger partial charge in [-0.1, -0.05) is 31.9 Å². The molecule has 1 amide bonds. The summed E-state index contributed by atoms with van der Waals surface area (Å²) < 4.78 is 5.10. The molecule has 3 N–H and O–H groups in total.